The second kappa shape index (κ2) is 8.31. The summed E-state index contributed by atoms with van der Waals surface area (Å²) >= 11 is 6.18. The lowest BCUT2D eigenvalue weighted by Gasteiger charge is -2.31. The van der Waals surface area contributed by atoms with Crippen LogP contribution in [0, 0.1) is 5.92 Å². The van der Waals surface area contributed by atoms with Gasteiger partial charge in [-0.3, -0.25) is 9.69 Å². The molecule has 27 heavy (non-hydrogen) atoms. The monoisotopic (exact) mass is 396 g/mol. The molecule has 0 atom stereocenters. The Labute approximate surface area is 161 Å². The molecule has 0 spiro atoms. The van der Waals surface area contributed by atoms with Crippen LogP contribution in [0.5, 0.6) is 0 Å². The van der Waals surface area contributed by atoms with Gasteiger partial charge in [0.15, 0.2) is 0 Å². The minimum atomic E-state index is -4.50. The van der Waals surface area contributed by atoms with E-state index >= 15 is 0 Å². The molecule has 7 heteroatoms. The van der Waals surface area contributed by atoms with Crippen molar-refractivity contribution >= 4 is 23.2 Å². The van der Waals surface area contributed by atoms with Crippen LogP contribution in [0.2, 0.25) is 5.02 Å². The van der Waals surface area contributed by atoms with Crippen LogP contribution in [0.15, 0.2) is 48.5 Å². The summed E-state index contributed by atoms with van der Waals surface area (Å²) < 4.78 is 39.2. The fourth-order valence-corrected chi connectivity index (χ4v) is 3.49. The molecule has 1 fully saturated rings. The van der Waals surface area contributed by atoms with Crippen LogP contribution in [0.3, 0.4) is 0 Å². The second-order valence-electron chi connectivity index (χ2n) is 6.67. The minimum absolute atomic E-state index is 0.187. The van der Waals surface area contributed by atoms with Crippen LogP contribution in [-0.2, 0) is 17.5 Å². The number of hydrogen-bond donors (Lipinski definition) is 1. The molecule has 144 valence electrons. The van der Waals surface area contributed by atoms with Gasteiger partial charge in [0.1, 0.15) is 0 Å². The number of piperidine rings is 1. The maximum Gasteiger partial charge on any atom is 0.418 e. The maximum atomic E-state index is 13.1. The van der Waals surface area contributed by atoms with Gasteiger partial charge >= 0.3 is 6.18 Å². The van der Waals surface area contributed by atoms with E-state index in [9.17, 15) is 18.0 Å². The van der Waals surface area contributed by atoms with Gasteiger partial charge in [0.05, 0.1) is 11.3 Å². The van der Waals surface area contributed by atoms with Gasteiger partial charge in [-0.05, 0) is 49.7 Å². The van der Waals surface area contributed by atoms with Crippen LogP contribution in [0.25, 0.3) is 0 Å². The Morgan fingerprint density at radius 2 is 1.70 bits per heavy atom. The topological polar surface area (TPSA) is 32.3 Å². The zero-order valence-corrected chi connectivity index (χ0v) is 15.4. The maximum absolute atomic E-state index is 13.1. The predicted molar refractivity (Wildman–Crippen MR) is 99.5 cm³/mol. The normalized spacial score (nSPS) is 16.3. The molecule has 1 amide bonds. The van der Waals surface area contributed by atoms with Gasteiger partial charge in [-0.2, -0.15) is 13.2 Å². The first-order chi connectivity index (χ1) is 12.8. The molecule has 0 aromatic heterocycles. The van der Waals surface area contributed by atoms with Crippen molar-refractivity contribution in [1.82, 2.24) is 4.90 Å². The highest BCUT2D eigenvalue weighted by molar-refractivity contribution is 6.31. The highest BCUT2D eigenvalue weighted by atomic mass is 35.5. The summed E-state index contributed by atoms with van der Waals surface area (Å²) in [6.07, 6.45) is -3.29. The van der Waals surface area contributed by atoms with Crippen molar-refractivity contribution in [3.63, 3.8) is 0 Å². The lowest BCUT2D eigenvalue weighted by molar-refractivity contribution is -0.137. The second-order valence-corrected chi connectivity index (χ2v) is 7.08. The Morgan fingerprint density at radius 3 is 2.37 bits per heavy atom. The fourth-order valence-electron chi connectivity index (χ4n) is 3.29. The van der Waals surface area contributed by atoms with E-state index in [1.54, 1.807) is 0 Å². The number of amides is 1. The Balaban J connectivity index is 1.57. The molecular formula is C20H20ClF3N2O. The SMILES string of the molecule is O=C(Nc1ccccc1C(F)(F)F)C1CCN(Cc2ccccc2Cl)CC1. The van der Waals surface area contributed by atoms with Gasteiger partial charge in [0, 0.05) is 17.5 Å². The molecule has 3 nitrogen and oxygen atoms in total. The molecule has 2 aromatic rings. The molecule has 1 aliphatic rings. The Bertz CT molecular complexity index is 802. The van der Waals surface area contributed by atoms with Gasteiger partial charge in [-0.15, -0.1) is 0 Å². The number of rotatable bonds is 4. The summed E-state index contributed by atoms with van der Waals surface area (Å²) in [7, 11) is 0. The number of anilines is 1. The highest BCUT2D eigenvalue weighted by Crippen LogP contribution is 2.35. The summed E-state index contributed by atoms with van der Waals surface area (Å²) in [5.41, 5.74) is 0.0178. The van der Waals surface area contributed by atoms with Gasteiger partial charge in [0.2, 0.25) is 5.91 Å². The van der Waals surface area contributed by atoms with Crippen LogP contribution in [0.4, 0.5) is 18.9 Å². The van der Waals surface area contributed by atoms with Crippen molar-refractivity contribution in [2.75, 3.05) is 18.4 Å². The van der Waals surface area contributed by atoms with Gasteiger partial charge in [0.25, 0.3) is 0 Å². The van der Waals surface area contributed by atoms with Crippen molar-refractivity contribution < 1.29 is 18.0 Å². The number of para-hydroxylation sites is 1. The number of halogens is 4. The highest BCUT2D eigenvalue weighted by Gasteiger charge is 2.34. The summed E-state index contributed by atoms with van der Waals surface area (Å²) in [5.74, 6) is -0.655. The Morgan fingerprint density at radius 1 is 1.07 bits per heavy atom. The number of likely N-dealkylation sites (tertiary alicyclic amines) is 1. The van der Waals surface area contributed by atoms with Crippen molar-refractivity contribution in [3.05, 3.63) is 64.7 Å². The first-order valence-corrected chi connectivity index (χ1v) is 9.15. The summed E-state index contributed by atoms with van der Waals surface area (Å²) in [5, 5.41) is 3.17. The molecule has 1 saturated heterocycles. The third kappa shape index (κ3) is 5.02. The molecule has 1 aliphatic heterocycles. The van der Waals surface area contributed by atoms with Crippen molar-refractivity contribution in [2.45, 2.75) is 25.6 Å². The number of benzene rings is 2. The van der Waals surface area contributed by atoms with Crippen LogP contribution in [0.1, 0.15) is 24.0 Å². The molecule has 0 bridgehead atoms. The van der Waals surface area contributed by atoms with E-state index in [1.165, 1.54) is 18.2 Å². The summed E-state index contributed by atoms with van der Waals surface area (Å²) in [6, 6.07) is 12.7. The van der Waals surface area contributed by atoms with Gasteiger partial charge in [-0.25, -0.2) is 0 Å². The first kappa shape index (κ1) is 19.7. The number of alkyl halides is 3. The third-order valence-electron chi connectivity index (χ3n) is 4.80. The summed E-state index contributed by atoms with van der Waals surface area (Å²) in [6.45, 7) is 2.10. The molecule has 0 saturated carbocycles. The van der Waals surface area contributed by atoms with E-state index in [1.807, 2.05) is 24.3 Å². The summed E-state index contributed by atoms with van der Waals surface area (Å²) in [4.78, 5) is 14.7. The van der Waals surface area contributed by atoms with Crippen LogP contribution < -0.4 is 5.32 Å². The van der Waals surface area contributed by atoms with Gasteiger partial charge < -0.3 is 5.32 Å². The van der Waals surface area contributed by atoms with E-state index in [2.05, 4.69) is 10.2 Å². The number of carbonyl (C=O) groups is 1. The van der Waals surface area contributed by atoms with Crippen molar-refractivity contribution in [2.24, 2.45) is 5.92 Å². The van der Waals surface area contributed by atoms with Crippen molar-refractivity contribution in [3.8, 4) is 0 Å². The quantitative estimate of drug-likeness (QED) is 0.769. The zero-order chi connectivity index (χ0) is 19.4. The van der Waals surface area contributed by atoms with E-state index < -0.39 is 11.7 Å². The van der Waals surface area contributed by atoms with E-state index in [4.69, 9.17) is 11.6 Å². The molecule has 0 radical (unpaired) electrons. The Hall–Kier alpha value is -2.05. The first-order valence-electron chi connectivity index (χ1n) is 8.77. The van der Waals surface area contributed by atoms with E-state index in [0.29, 0.717) is 37.5 Å². The van der Waals surface area contributed by atoms with Crippen molar-refractivity contribution in [1.29, 1.82) is 0 Å². The van der Waals surface area contributed by atoms with E-state index in [0.717, 1.165) is 11.6 Å². The fraction of sp³-hybridized carbons (Fsp3) is 0.350. The number of hydrogen-bond acceptors (Lipinski definition) is 2. The number of nitrogens with zero attached hydrogens (tertiary/aromatic N) is 1. The molecule has 2 aromatic carbocycles. The molecule has 1 heterocycles. The molecule has 0 aliphatic carbocycles. The number of nitrogens with one attached hydrogen (secondary N) is 1. The average molecular weight is 397 g/mol. The van der Waals surface area contributed by atoms with Crippen LogP contribution in [-0.4, -0.2) is 23.9 Å². The van der Waals surface area contributed by atoms with Crippen LogP contribution >= 0.6 is 11.6 Å². The molecule has 0 unspecified atom stereocenters. The molecular weight excluding hydrogens is 377 g/mol. The van der Waals surface area contributed by atoms with E-state index in [-0.39, 0.29) is 17.5 Å². The average Bonchev–Trinajstić information content (AvgIpc) is 2.64. The Kier molecular flexibility index (Phi) is 6.07. The molecule has 1 N–H and O–H groups in total. The zero-order valence-electron chi connectivity index (χ0n) is 14.6. The lowest BCUT2D eigenvalue weighted by Crippen LogP contribution is -2.38. The largest absolute Gasteiger partial charge is 0.418 e. The number of carbonyl (C=O) groups excluding carboxylic acids is 1. The van der Waals surface area contributed by atoms with Gasteiger partial charge in [-0.1, -0.05) is 41.9 Å². The predicted octanol–water partition coefficient (Wildman–Crippen LogP) is 5.21. The molecule has 3 rings (SSSR count). The smallest absolute Gasteiger partial charge is 0.325 e. The standard InChI is InChI=1S/C20H20ClF3N2O/c21-17-7-3-1-5-15(17)13-26-11-9-14(10-12-26)19(27)25-18-8-4-2-6-16(18)20(22,23)24/h1-8,14H,9-13H2,(H,25,27). The third-order valence-corrected chi connectivity index (χ3v) is 5.17. The minimum Gasteiger partial charge on any atom is -0.325 e. The lowest BCUT2D eigenvalue weighted by atomic mass is 9.95.